The molecule has 1 unspecified atom stereocenters. The first-order valence-electron chi connectivity index (χ1n) is 10.4. The molecule has 1 atom stereocenters. The van der Waals surface area contributed by atoms with Crippen LogP contribution in [0.3, 0.4) is 0 Å². The van der Waals surface area contributed by atoms with Gasteiger partial charge in [-0.25, -0.2) is 4.79 Å². The highest BCUT2D eigenvalue weighted by Gasteiger charge is 2.29. The molecule has 1 amide bonds. The molecule has 0 saturated heterocycles. The summed E-state index contributed by atoms with van der Waals surface area (Å²) in [5.41, 5.74) is 1.95. The molecule has 1 aliphatic heterocycles. The summed E-state index contributed by atoms with van der Waals surface area (Å²) in [6.07, 6.45) is 7.66. The lowest BCUT2D eigenvalue weighted by Gasteiger charge is -2.29. The average Bonchev–Trinajstić information content (AvgIpc) is 2.74. The lowest BCUT2D eigenvalue weighted by molar-refractivity contribution is 0.101. The summed E-state index contributed by atoms with van der Waals surface area (Å²) in [4.78, 5) is 13.7. The van der Waals surface area contributed by atoms with Crippen molar-refractivity contribution in [2.24, 2.45) is 5.92 Å². The number of benzene rings is 1. The van der Waals surface area contributed by atoms with Gasteiger partial charge in [-0.05, 0) is 37.8 Å². The first-order valence-corrected chi connectivity index (χ1v) is 11.7. The molecular weight excluding hydrogens is 485 g/mol. The number of hydrogen-bond donors (Lipinski definition) is 1. The quantitative estimate of drug-likeness (QED) is 0.396. The van der Waals surface area contributed by atoms with Crippen LogP contribution in [0.25, 0.3) is 0 Å². The van der Waals surface area contributed by atoms with E-state index in [1.165, 1.54) is 37.0 Å². The van der Waals surface area contributed by atoms with E-state index in [9.17, 15) is 9.90 Å². The normalized spacial score (nSPS) is 19.0. The van der Waals surface area contributed by atoms with Crippen molar-refractivity contribution in [2.75, 3.05) is 32.9 Å². The number of nitrogens with zero attached hydrogens (tertiary/aromatic N) is 1. The summed E-state index contributed by atoms with van der Waals surface area (Å²) in [5, 5.41) is 9.32. The molecule has 0 bridgehead atoms. The molecule has 1 aliphatic carbocycles. The molecule has 160 valence electrons. The SMILES string of the molecule is CCOC(=O)N(CCO)CC1=COc2cccc(OCC3CCCCC3)c2C1I. The standard InChI is InChI=1S/C22H30INO5/c1-2-27-22(26)24(11-12-25)13-17-15-29-19-10-6-9-18(20(19)21(17)23)28-14-16-7-4-3-5-8-16/h6,9-10,15-16,21,25H,2-5,7-8,11-14H2,1H3. The van der Waals surface area contributed by atoms with Gasteiger partial charge >= 0.3 is 6.09 Å². The monoisotopic (exact) mass is 515 g/mol. The van der Waals surface area contributed by atoms with E-state index in [4.69, 9.17) is 14.2 Å². The zero-order valence-electron chi connectivity index (χ0n) is 16.9. The van der Waals surface area contributed by atoms with Crippen molar-refractivity contribution in [1.82, 2.24) is 4.90 Å². The first-order chi connectivity index (χ1) is 14.1. The number of carbonyl (C=O) groups is 1. The third kappa shape index (κ3) is 5.78. The molecule has 0 radical (unpaired) electrons. The largest absolute Gasteiger partial charge is 0.493 e. The minimum Gasteiger partial charge on any atom is -0.493 e. The van der Waals surface area contributed by atoms with Crippen molar-refractivity contribution >= 4 is 28.7 Å². The Morgan fingerprint density at radius 1 is 1.31 bits per heavy atom. The van der Waals surface area contributed by atoms with Crippen LogP contribution in [0.4, 0.5) is 4.79 Å². The molecule has 0 spiro atoms. The Morgan fingerprint density at radius 2 is 2.10 bits per heavy atom. The van der Waals surface area contributed by atoms with Crippen molar-refractivity contribution in [3.8, 4) is 11.5 Å². The fourth-order valence-electron chi connectivity index (χ4n) is 3.86. The highest BCUT2D eigenvalue weighted by Crippen LogP contribution is 2.46. The van der Waals surface area contributed by atoms with Crippen LogP contribution in [-0.4, -0.2) is 49.0 Å². The second kappa shape index (κ2) is 11.1. The second-order valence-electron chi connectivity index (χ2n) is 7.50. The molecule has 1 aromatic rings. The Balaban J connectivity index is 1.71. The summed E-state index contributed by atoms with van der Waals surface area (Å²) in [5.74, 6) is 2.26. The minimum absolute atomic E-state index is 0.00882. The Bertz CT molecular complexity index is 717. The Hall–Kier alpha value is -1.48. The molecule has 1 saturated carbocycles. The van der Waals surface area contributed by atoms with Gasteiger partial charge in [0.15, 0.2) is 0 Å². The van der Waals surface area contributed by atoms with E-state index in [1.54, 1.807) is 13.2 Å². The number of hydrogen-bond acceptors (Lipinski definition) is 5. The predicted octanol–water partition coefficient (Wildman–Crippen LogP) is 4.85. The van der Waals surface area contributed by atoms with Gasteiger partial charge in [0, 0.05) is 18.7 Å². The van der Waals surface area contributed by atoms with E-state index in [1.807, 2.05) is 18.2 Å². The number of amides is 1. The van der Waals surface area contributed by atoms with Crippen molar-refractivity contribution in [3.63, 3.8) is 0 Å². The molecule has 1 N–H and O–H groups in total. The lowest BCUT2D eigenvalue weighted by atomic mass is 9.90. The van der Waals surface area contributed by atoms with Gasteiger partial charge in [-0.1, -0.05) is 47.9 Å². The number of alkyl halides is 1. The highest BCUT2D eigenvalue weighted by atomic mass is 127. The van der Waals surface area contributed by atoms with Crippen molar-refractivity contribution in [2.45, 2.75) is 43.0 Å². The zero-order chi connectivity index (χ0) is 20.6. The highest BCUT2D eigenvalue weighted by molar-refractivity contribution is 14.1. The summed E-state index contributed by atoms with van der Waals surface area (Å²) in [7, 11) is 0. The van der Waals surface area contributed by atoms with Gasteiger partial charge < -0.3 is 24.2 Å². The van der Waals surface area contributed by atoms with Gasteiger partial charge in [0.25, 0.3) is 0 Å². The Kier molecular flexibility index (Phi) is 8.47. The Labute approximate surface area is 186 Å². The average molecular weight is 515 g/mol. The van der Waals surface area contributed by atoms with Gasteiger partial charge in [-0.15, -0.1) is 0 Å². The van der Waals surface area contributed by atoms with Crippen LogP contribution in [0.5, 0.6) is 11.5 Å². The number of rotatable bonds is 8. The first kappa shape index (κ1) is 22.2. The van der Waals surface area contributed by atoms with Gasteiger partial charge in [0.2, 0.25) is 0 Å². The maximum Gasteiger partial charge on any atom is 0.410 e. The molecule has 3 rings (SSSR count). The maximum atomic E-state index is 12.2. The summed E-state index contributed by atoms with van der Waals surface area (Å²) in [6, 6.07) is 5.89. The molecule has 1 aromatic carbocycles. The second-order valence-corrected chi connectivity index (χ2v) is 8.75. The van der Waals surface area contributed by atoms with Crippen molar-refractivity contribution in [1.29, 1.82) is 0 Å². The van der Waals surface area contributed by atoms with Crippen LogP contribution in [0.15, 0.2) is 30.0 Å². The number of fused-ring (bicyclic) bond motifs is 1. The molecule has 1 heterocycles. The minimum atomic E-state index is -0.432. The molecule has 1 fully saturated rings. The number of aliphatic hydroxyl groups is 1. The topological polar surface area (TPSA) is 68.2 Å². The molecular formula is C22H30INO5. The van der Waals surface area contributed by atoms with E-state index >= 15 is 0 Å². The fourth-order valence-corrected chi connectivity index (χ4v) is 4.81. The van der Waals surface area contributed by atoms with Gasteiger partial charge in [-0.2, -0.15) is 0 Å². The van der Waals surface area contributed by atoms with Crippen molar-refractivity contribution < 1.29 is 24.1 Å². The van der Waals surface area contributed by atoms with Crippen LogP contribution >= 0.6 is 22.6 Å². The summed E-state index contributed by atoms with van der Waals surface area (Å²) in [6.45, 7) is 3.23. The number of carbonyl (C=O) groups excluding carboxylic acids is 1. The van der Waals surface area contributed by atoms with Crippen LogP contribution in [0, 0.1) is 5.92 Å². The summed E-state index contributed by atoms with van der Waals surface area (Å²) >= 11 is 2.37. The van der Waals surface area contributed by atoms with Crippen LogP contribution in [0.2, 0.25) is 0 Å². The van der Waals surface area contributed by atoms with E-state index in [0.29, 0.717) is 19.1 Å². The molecule has 6 nitrogen and oxygen atoms in total. The Morgan fingerprint density at radius 3 is 2.83 bits per heavy atom. The van der Waals surface area contributed by atoms with Crippen LogP contribution in [-0.2, 0) is 4.74 Å². The smallest absolute Gasteiger partial charge is 0.410 e. The van der Waals surface area contributed by atoms with E-state index in [-0.39, 0.29) is 17.1 Å². The molecule has 29 heavy (non-hydrogen) atoms. The number of aliphatic hydroxyl groups excluding tert-OH is 1. The number of ether oxygens (including phenoxy) is 3. The van der Waals surface area contributed by atoms with E-state index in [0.717, 1.165) is 29.2 Å². The van der Waals surface area contributed by atoms with Crippen molar-refractivity contribution in [3.05, 3.63) is 35.6 Å². The molecule has 0 aromatic heterocycles. The third-order valence-electron chi connectivity index (χ3n) is 5.41. The maximum absolute atomic E-state index is 12.2. The van der Waals surface area contributed by atoms with Gasteiger partial charge in [-0.3, -0.25) is 0 Å². The number of halogens is 1. The van der Waals surface area contributed by atoms with E-state index < -0.39 is 6.09 Å². The molecule has 7 heteroatoms. The summed E-state index contributed by atoms with van der Waals surface area (Å²) < 4.78 is 17.2. The van der Waals surface area contributed by atoms with Gasteiger partial charge in [0.05, 0.1) is 35.6 Å². The van der Waals surface area contributed by atoms with Crippen LogP contribution < -0.4 is 9.47 Å². The van der Waals surface area contributed by atoms with Gasteiger partial charge in [0.1, 0.15) is 11.5 Å². The van der Waals surface area contributed by atoms with Crippen LogP contribution in [0.1, 0.15) is 48.5 Å². The fraction of sp³-hybridized carbons (Fsp3) is 0.591. The van der Waals surface area contributed by atoms with E-state index in [2.05, 4.69) is 22.6 Å². The lowest BCUT2D eigenvalue weighted by Crippen LogP contribution is -2.36. The predicted molar refractivity (Wildman–Crippen MR) is 120 cm³/mol. The third-order valence-corrected chi connectivity index (χ3v) is 6.83. The zero-order valence-corrected chi connectivity index (χ0v) is 19.1. The molecule has 2 aliphatic rings.